The predicted molar refractivity (Wildman–Crippen MR) is 104 cm³/mol. The van der Waals surface area contributed by atoms with Gasteiger partial charge in [-0.05, 0) is 31.9 Å². The molecule has 0 amide bonds. The molecule has 7 heteroatoms. The summed E-state index contributed by atoms with van der Waals surface area (Å²) < 4.78 is 33.5. The molecule has 0 aliphatic heterocycles. The van der Waals surface area contributed by atoms with Crippen molar-refractivity contribution >= 4 is 21.4 Å². The first-order valence-electron chi connectivity index (χ1n) is 8.52. The van der Waals surface area contributed by atoms with Crippen molar-refractivity contribution in [1.29, 1.82) is 0 Å². The second kappa shape index (κ2) is 7.73. The number of thiophene rings is 1. The molecule has 2 aromatic heterocycles. The Morgan fingerprint density at radius 3 is 2.54 bits per heavy atom. The number of rotatable bonds is 7. The maximum atomic E-state index is 13.2. The average molecular weight is 391 g/mol. The second-order valence-corrected chi connectivity index (χ2v) is 9.35. The van der Waals surface area contributed by atoms with Gasteiger partial charge in [-0.3, -0.25) is 0 Å². The molecule has 2 heterocycles. The van der Waals surface area contributed by atoms with E-state index in [0.717, 1.165) is 23.2 Å². The zero-order valence-electron chi connectivity index (χ0n) is 15.0. The summed E-state index contributed by atoms with van der Waals surface area (Å²) in [6.45, 7) is 6.11. The van der Waals surface area contributed by atoms with Crippen molar-refractivity contribution in [2.75, 3.05) is 0 Å². The fourth-order valence-electron chi connectivity index (χ4n) is 2.62. The summed E-state index contributed by atoms with van der Waals surface area (Å²) in [6.07, 6.45) is 0.775. The van der Waals surface area contributed by atoms with Gasteiger partial charge in [-0.25, -0.2) is 8.42 Å². The molecule has 0 saturated heterocycles. The van der Waals surface area contributed by atoms with E-state index in [1.807, 2.05) is 57.2 Å². The first-order chi connectivity index (χ1) is 12.4. The topological polar surface area (TPSA) is 63.4 Å². The molecule has 138 valence electrons. The van der Waals surface area contributed by atoms with Crippen LogP contribution in [0.15, 0.2) is 56.6 Å². The molecule has 26 heavy (non-hydrogen) atoms. The minimum Gasteiger partial charge on any atom is -0.356 e. The first kappa shape index (κ1) is 18.8. The van der Waals surface area contributed by atoms with Gasteiger partial charge in [0, 0.05) is 29.6 Å². The van der Waals surface area contributed by atoms with Crippen molar-refractivity contribution in [2.45, 2.75) is 44.0 Å². The number of nitrogens with zero attached hydrogens (tertiary/aromatic N) is 2. The van der Waals surface area contributed by atoms with Crippen molar-refractivity contribution in [3.63, 3.8) is 0 Å². The number of benzene rings is 1. The van der Waals surface area contributed by atoms with Gasteiger partial charge in [0.15, 0.2) is 5.76 Å². The maximum Gasteiger partial charge on any atom is 0.253 e. The van der Waals surface area contributed by atoms with E-state index < -0.39 is 10.0 Å². The molecule has 0 spiro atoms. The van der Waals surface area contributed by atoms with Crippen LogP contribution in [-0.2, 0) is 23.0 Å². The molecule has 3 aromatic rings. The first-order valence-corrected chi connectivity index (χ1v) is 10.8. The molecule has 0 fully saturated rings. The molecule has 5 nitrogen and oxygen atoms in total. The second-order valence-electron chi connectivity index (χ2n) is 6.32. The zero-order chi connectivity index (χ0) is 18.7. The number of hydrogen-bond acceptors (Lipinski definition) is 5. The van der Waals surface area contributed by atoms with E-state index >= 15 is 0 Å². The Balaban J connectivity index is 1.90. The van der Waals surface area contributed by atoms with Gasteiger partial charge in [0.25, 0.3) is 10.0 Å². The van der Waals surface area contributed by atoms with Crippen LogP contribution in [0.3, 0.4) is 0 Å². The fourth-order valence-corrected chi connectivity index (χ4v) is 5.54. The van der Waals surface area contributed by atoms with E-state index in [2.05, 4.69) is 5.16 Å². The summed E-state index contributed by atoms with van der Waals surface area (Å²) in [6, 6.07) is 13.0. The zero-order valence-corrected chi connectivity index (χ0v) is 16.7. The van der Waals surface area contributed by atoms with Crippen molar-refractivity contribution in [3.05, 3.63) is 59.1 Å². The lowest BCUT2D eigenvalue weighted by molar-refractivity contribution is 0.349. The summed E-state index contributed by atoms with van der Waals surface area (Å²) >= 11 is 1.21. The minimum atomic E-state index is -3.59. The highest BCUT2D eigenvalue weighted by Crippen LogP contribution is 2.32. The van der Waals surface area contributed by atoms with Crippen molar-refractivity contribution in [3.8, 4) is 11.3 Å². The molecule has 3 rings (SSSR count). The van der Waals surface area contributed by atoms with Gasteiger partial charge in [-0.15, -0.1) is 11.3 Å². The van der Waals surface area contributed by atoms with Gasteiger partial charge < -0.3 is 4.52 Å². The number of sulfonamides is 1. The largest absolute Gasteiger partial charge is 0.356 e. The van der Waals surface area contributed by atoms with Crippen LogP contribution in [0.5, 0.6) is 0 Å². The molecule has 0 aliphatic rings. The van der Waals surface area contributed by atoms with Crippen LogP contribution >= 0.6 is 11.3 Å². The lowest BCUT2D eigenvalue weighted by Gasteiger charge is -2.25. The van der Waals surface area contributed by atoms with Crippen LogP contribution in [0.25, 0.3) is 11.3 Å². The Bertz CT molecular complexity index is 960. The van der Waals surface area contributed by atoms with Gasteiger partial charge >= 0.3 is 0 Å². The molecule has 0 unspecified atom stereocenters. The predicted octanol–water partition coefficient (Wildman–Crippen LogP) is 4.56. The van der Waals surface area contributed by atoms with Crippen LogP contribution in [0.1, 0.15) is 32.0 Å². The molecular formula is C19H22N2O3S2. The Labute approximate surface area is 158 Å². The van der Waals surface area contributed by atoms with Crippen molar-refractivity contribution < 1.29 is 12.9 Å². The molecule has 0 aliphatic carbocycles. The third kappa shape index (κ3) is 3.90. The monoisotopic (exact) mass is 390 g/mol. The number of aromatic nitrogens is 1. The Morgan fingerprint density at radius 1 is 1.19 bits per heavy atom. The highest BCUT2D eigenvalue weighted by atomic mass is 32.2. The third-order valence-electron chi connectivity index (χ3n) is 4.10. The van der Waals surface area contributed by atoms with E-state index in [0.29, 0.717) is 16.5 Å². The van der Waals surface area contributed by atoms with E-state index in [4.69, 9.17) is 4.52 Å². The molecule has 1 aromatic carbocycles. The molecule has 0 bridgehead atoms. The lowest BCUT2D eigenvalue weighted by atomic mass is 10.2. The number of hydrogen-bond donors (Lipinski definition) is 0. The fraction of sp³-hybridized carbons (Fsp3) is 0.316. The Kier molecular flexibility index (Phi) is 5.60. The molecular weight excluding hydrogens is 368 g/mol. The Morgan fingerprint density at radius 2 is 1.92 bits per heavy atom. The normalized spacial score (nSPS) is 12.2. The highest BCUT2D eigenvalue weighted by molar-refractivity contribution is 7.91. The van der Waals surface area contributed by atoms with Gasteiger partial charge in [0.05, 0.1) is 5.69 Å². The summed E-state index contributed by atoms with van der Waals surface area (Å²) in [4.78, 5) is 0. The maximum absolute atomic E-state index is 13.2. The van der Waals surface area contributed by atoms with Gasteiger partial charge in [-0.2, -0.15) is 4.31 Å². The van der Waals surface area contributed by atoms with Crippen LogP contribution in [0, 0.1) is 0 Å². The minimum absolute atomic E-state index is 0.150. The van der Waals surface area contributed by atoms with Crippen LogP contribution < -0.4 is 0 Å². The molecule has 0 atom stereocenters. The van der Waals surface area contributed by atoms with Gasteiger partial charge in [-0.1, -0.05) is 42.4 Å². The summed E-state index contributed by atoms with van der Waals surface area (Å²) in [7, 11) is -3.59. The van der Waals surface area contributed by atoms with Gasteiger partial charge in [0.2, 0.25) is 0 Å². The average Bonchev–Trinajstić information content (AvgIpc) is 3.29. The van der Waals surface area contributed by atoms with Crippen molar-refractivity contribution in [2.24, 2.45) is 0 Å². The Hall–Kier alpha value is -1.96. The quantitative estimate of drug-likeness (QED) is 0.593. The molecule has 0 radical (unpaired) electrons. The van der Waals surface area contributed by atoms with E-state index in [1.165, 1.54) is 15.6 Å². The third-order valence-corrected chi connectivity index (χ3v) is 7.54. The smallest absolute Gasteiger partial charge is 0.253 e. The SMILES string of the molecule is CCc1cc(-c2csc(S(=O)(=O)N(Cc3ccccc3)C(C)C)c2)on1. The van der Waals surface area contributed by atoms with Gasteiger partial charge in [0.1, 0.15) is 4.21 Å². The van der Waals surface area contributed by atoms with E-state index in [9.17, 15) is 8.42 Å². The standard InChI is InChI=1S/C19H22N2O3S2/c1-4-17-11-18(24-20-17)16-10-19(25-13-16)26(22,23)21(14(2)3)12-15-8-6-5-7-9-15/h5-11,13-14H,4,12H2,1-3H3. The highest BCUT2D eigenvalue weighted by Gasteiger charge is 2.29. The van der Waals surface area contributed by atoms with E-state index in [1.54, 1.807) is 11.4 Å². The van der Waals surface area contributed by atoms with Crippen LogP contribution in [0.2, 0.25) is 0 Å². The molecule has 0 N–H and O–H groups in total. The van der Waals surface area contributed by atoms with Crippen LogP contribution in [0.4, 0.5) is 0 Å². The summed E-state index contributed by atoms with van der Waals surface area (Å²) in [5.41, 5.74) is 2.55. The summed E-state index contributed by atoms with van der Waals surface area (Å²) in [5, 5.41) is 5.77. The lowest BCUT2D eigenvalue weighted by Crippen LogP contribution is -2.36. The van der Waals surface area contributed by atoms with Crippen LogP contribution in [-0.4, -0.2) is 23.9 Å². The van der Waals surface area contributed by atoms with E-state index in [-0.39, 0.29) is 6.04 Å². The summed E-state index contributed by atoms with van der Waals surface area (Å²) in [5.74, 6) is 0.596. The van der Waals surface area contributed by atoms with Crippen molar-refractivity contribution in [1.82, 2.24) is 9.46 Å². The molecule has 0 saturated carbocycles. The number of aryl methyl sites for hydroxylation is 1.